The fourth-order valence-electron chi connectivity index (χ4n) is 4.62. The molecule has 33 heavy (non-hydrogen) atoms. The van der Waals surface area contributed by atoms with Crippen LogP contribution in [0.1, 0.15) is 46.0 Å². The summed E-state index contributed by atoms with van der Waals surface area (Å²) in [4.78, 5) is 12.6. The molecule has 1 aliphatic carbocycles. The van der Waals surface area contributed by atoms with Crippen molar-refractivity contribution in [3.8, 4) is 0 Å². The highest BCUT2D eigenvalue weighted by Gasteiger charge is 2.54. The first-order valence-electron chi connectivity index (χ1n) is 9.84. The number of nitrogens with one attached hydrogen (secondary N) is 1. The molecule has 0 fully saturated rings. The number of benzene rings is 2. The van der Waals surface area contributed by atoms with E-state index in [0.29, 0.717) is 12.1 Å². The topological polar surface area (TPSA) is 42.2 Å². The summed E-state index contributed by atoms with van der Waals surface area (Å²) < 4.78 is 86.3. The van der Waals surface area contributed by atoms with E-state index in [1.807, 2.05) is 33.7 Å². The molecule has 0 unspecified atom stereocenters. The van der Waals surface area contributed by atoms with Gasteiger partial charge in [0.05, 0.1) is 22.4 Å². The SMILES string of the molecule is O=C(Nc1cc(C(F)(F)F)cc(C(F)(F)F)c1)O[C@@H]1c2ccccc2[C@@H]2Cc3csc[n+]3[C@H]12. The van der Waals surface area contributed by atoms with Crippen molar-refractivity contribution in [2.75, 3.05) is 5.32 Å². The third kappa shape index (κ3) is 3.84. The minimum atomic E-state index is -5.02. The summed E-state index contributed by atoms with van der Waals surface area (Å²) in [5.41, 5.74) is 1.06. The molecule has 1 aromatic heterocycles. The number of hydrogen-bond acceptors (Lipinski definition) is 3. The first kappa shape index (κ1) is 21.7. The van der Waals surface area contributed by atoms with E-state index in [9.17, 15) is 31.1 Å². The highest BCUT2D eigenvalue weighted by Crippen LogP contribution is 2.52. The smallest absolute Gasteiger partial charge is 0.416 e. The minimum absolute atomic E-state index is 0.00158. The lowest BCUT2D eigenvalue weighted by Crippen LogP contribution is -2.40. The van der Waals surface area contributed by atoms with Crippen molar-refractivity contribution in [2.45, 2.75) is 36.8 Å². The molecular formula is C22H15F6N2O2S+. The van der Waals surface area contributed by atoms with Crippen LogP contribution in [0.25, 0.3) is 0 Å². The van der Waals surface area contributed by atoms with Gasteiger partial charge in [-0.1, -0.05) is 35.6 Å². The summed E-state index contributed by atoms with van der Waals surface area (Å²) >= 11 is 1.49. The Hall–Kier alpha value is -3.08. The largest absolute Gasteiger partial charge is 0.434 e. The molecular weight excluding hydrogens is 470 g/mol. The van der Waals surface area contributed by atoms with Gasteiger partial charge in [-0.3, -0.25) is 5.32 Å². The number of amides is 1. The van der Waals surface area contributed by atoms with E-state index in [2.05, 4.69) is 5.32 Å². The van der Waals surface area contributed by atoms with Gasteiger partial charge in [-0.05, 0) is 23.8 Å². The van der Waals surface area contributed by atoms with E-state index in [1.165, 1.54) is 11.3 Å². The first-order valence-corrected chi connectivity index (χ1v) is 10.8. The maximum Gasteiger partial charge on any atom is 0.416 e. The number of aromatic nitrogens is 1. The summed E-state index contributed by atoms with van der Waals surface area (Å²) in [5, 5.41) is 4.05. The highest BCUT2D eigenvalue weighted by molar-refractivity contribution is 7.07. The van der Waals surface area contributed by atoms with E-state index in [0.717, 1.165) is 23.2 Å². The molecule has 0 radical (unpaired) electrons. The quantitative estimate of drug-likeness (QED) is 0.344. The predicted octanol–water partition coefficient (Wildman–Crippen LogP) is 6.26. The summed E-state index contributed by atoms with van der Waals surface area (Å²) in [5.74, 6) is 0.0628. The Balaban J connectivity index is 1.44. The van der Waals surface area contributed by atoms with Gasteiger partial charge in [0.25, 0.3) is 0 Å². The van der Waals surface area contributed by atoms with Crippen molar-refractivity contribution >= 4 is 23.1 Å². The molecule has 0 bridgehead atoms. The second-order valence-electron chi connectivity index (χ2n) is 7.93. The molecule has 1 N–H and O–H groups in total. The molecule has 4 nitrogen and oxygen atoms in total. The van der Waals surface area contributed by atoms with Crippen molar-refractivity contribution in [3.05, 3.63) is 81.3 Å². The fourth-order valence-corrected chi connectivity index (χ4v) is 5.47. The Morgan fingerprint density at radius 1 is 1.00 bits per heavy atom. The highest BCUT2D eigenvalue weighted by atomic mass is 32.1. The zero-order valence-electron chi connectivity index (χ0n) is 16.6. The van der Waals surface area contributed by atoms with Gasteiger partial charge in [-0.15, -0.1) is 0 Å². The summed E-state index contributed by atoms with van der Waals surface area (Å²) in [6.07, 6.45) is -11.2. The molecule has 0 spiro atoms. The summed E-state index contributed by atoms with van der Waals surface area (Å²) in [6.45, 7) is 0. The zero-order chi connectivity index (χ0) is 23.5. The molecule has 11 heteroatoms. The Morgan fingerprint density at radius 2 is 1.64 bits per heavy atom. The van der Waals surface area contributed by atoms with Crippen molar-refractivity contribution < 1.29 is 40.4 Å². The average molecular weight is 485 g/mol. The van der Waals surface area contributed by atoms with Gasteiger partial charge in [0.2, 0.25) is 11.6 Å². The molecule has 5 rings (SSSR count). The molecule has 3 aromatic rings. The van der Waals surface area contributed by atoms with Crippen LogP contribution in [0.4, 0.5) is 36.8 Å². The maximum atomic E-state index is 13.1. The number of carbonyl (C=O) groups excluding carboxylic acids is 1. The van der Waals surface area contributed by atoms with Crippen LogP contribution in [0.3, 0.4) is 0 Å². The molecule has 172 valence electrons. The molecule has 0 saturated heterocycles. The van der Waals surface area contributed by atoms with E-state index in [1.54, 1.807) is 6.07 Å². The van der Waals surface area contributed by atoms with Gasteiger partial charge in [-0.2, -0.15) is 30.9 Å². The Bertz CT molecular complexity index is 1200. The van der Waals surface area contributed by atoms with Crippen molar-refractivity contribution in [3.63, 3.8) is 0 Å². The average Bonchev–Trinajstić information content (AvgIpc) is 3.38. The van der Waals surface area contributed by atoms with Gasteiger partial charge in [0, 0.05) is 17.7 Å². The van der Waals surface area contributed by atoms with Crippen LogP contribution in [0.2, 0.25) is 0 Å². The van der Waals surface area contributed by atoms with Gasteiger partial charge < -0.3 is 4.74 Å². The summed E-state index contributed by atoms with van der Waals surface area (Å²) in [7, 11) is 0. The van der Waals surface area contributed by atoms with E-state index in [-0.39, 0.29) is 18.0 Å². The number of fused-ring (bicyclic) bond motifs is 5. The predicted molar refractivity (Wildman–Crippen MR) is 106 cm³/mol. The Kier molecular flexibility index (Phi) is 4.93. The van der Waals surface area contributed by atoms with Gasteiger partial charge in [0.1, 0.15) is 0 Å². The van der Waals surface area contributed by atoms with Crippen LogP contribution >= 0.6 is 11.3 Å². The van der Waals surface area contributed by atoms with Gasteiger partial charge in [0.15, 0.2) is 11.8 Å². The van der Waals surface area contributed by atoms with Crippen molar-refractivity contribution in [1.29, 1.82) is 0 Å². The van der Waals surface area contributed by atoms with Crippen LogP contribution in [-0.4, -0.2) is 6.09 Å². The van der Waals surface area contributed by atoms with Crippen LogP contribution in [0, 0.1) is 0 Å². The second-order valence-corrected chi connectivity index (χ2v) is 8.65. The van der Waals surface area contributed by atoms with Crippen LogP contribution in [-0.2, 0) is 23.5 Å². The standard InChI is InChI=1S/C22H14F6N2O2S/c23-21(24,25)11-5-12(22(26,27)28)7-13(6-11)29-20(31)32-19-16-4-2-1-3-15(16)17-8-14-9-33-10-30(14)18(17)19/h1-7,9-10,17-19H,8H2/p+1/t17-,18-,19+/m0/s1. The second kappa shape index (κ2) is 7.47. The maximum absolute atomic E-state index is 13.1. The molecule has 3 atom stereocenters. The number of rotatable bonds is 2. The fraction of sp³-hybridized carbons (Fsp3) is 0.273. The molecule has 1 aliphatic heterocycles. The normalized spacial score (nSPS) is 21.3. The lowest BCUT2D eigenvalue weighted by molar-refractivity contribution is -0.720. The van der Waals surface area contributed by atoms with Gasteiger partial charge in [-0.25, -0.2) is 4.79 Å². The molecule has 2 aliphatic rings. The number of hydrogen-bond donors (Lipinski definition) is 1. The molecule has 2 heterocycles. The Morgan fingerprint density at radius 3 is 2.27 bits per heavy atom. The summed E-state index contributed by atoms with van der Waals surface area (Å²) in [6, 6.07) is 8.07. The third-order valence-corrected chi connectivity index (χ3v) is 6.71. The van der Waals surface area contributed by atoms with E-state index < -0.39 is 41.4 Å². The third-order valence-electron chi connectivity index (χ3n) is 5.95. The number of carbonyl (C=O) groups is 1. The van der Waals surface area contributed by atoms with E-state index >= 15 is 0 Å². The van der Waals surface area contributed by atoms with Crippen LogP contribution in [0.5, 0.6) is 0 Å². The number of ether oxygens (including phenoxy) is 1. The monoisotopic (exact) mass is 485 g/mol. The lowest BCUT2D eigenvalue weighted by atomic mass is 9.97. The molecule has 1 amide bonds. The number of anilines is 1. The zero-order valence-corrected chi connectivity index (χ0v) is 17.4. The minimum Gasteiger partial charge on any atom is -0.434 e. The van der Waals surface area contributed by atoms with Crippen LogP contribution in [0.15, 0.2) is 53.4 Å². The molecule has 0 saturated carbocycles. The number of alkyl halides is 6. The van der Waals surface area contributed by atoms with Crippen molar-refractivity contribution in [2.24, 2.45) is 0 Å². The number of nitrogens with zero attached hydrogens (tertiary/aromatic N) is 1. The Labute approximate surface area is 187 Å². The van der Waals surface area contributed by atoms with Crippen molar-refractivity contribution in [1.82, 2.24) is 0 Å². The lowest BCUT2D eigenvalue weighted by Gasteiger charge is -2.18. The van der Waals surface area contributed by atoms with Crippen LogP contribution < -0.4 is 9.88 Å². The molecule has 2 aromatic carbocycles. The first-order chi connectivity index (χ1) is 15.5. The van der Waals surface area contributed by atoms with Gasteiger partial charge >= 0.3 is 18.4 Å². The van der Waals surface area contributed by atoms with E-state index in [4.69, 9.17) is 4.74 Å². The number of thiazole rings is 1. The number of halogens is 6.